The molecule has 1 N–H and O–H groups in total. The van der Waals surface area contributed by atoms with Crippen molar-refractivity contribution < 1.29 is 8.78 Å². The topological polar surface area (TPSA) is 61.1 Å². The van der Waals surface area contributed by atoms with Crippen molar-refractivity contribution in [3.8, 4) is 6.07 Å². The first-order chi connectivity index (χ1) is 12.5. The van der Waals surface area contributed by atoms with Crippen LogP contribution in [0.15, 0.2) is 47.0 Å². The molecule has 0 fully saturated rings. The molecule has 0 aliphatic carbocycles. The third-order valence-electron chi connectivity index (χ3n) is 4.19. The molecule has 132 valence electrons. The van der Waals surface area contributed by atoms with Gasteiger partial charge >= 0.3 is 0 Å². The lowest BCUT2D eigenvalue weighted by molar-refractivity contribution is 0.606. The van der Waals surface area contributed by atoms with E-state index in [1.165, 1.54) is 18.2 Å². The van der Waals surface area contributed by atoms with Crippen molar-refractivity contribution in [3.63, 3.8) is 0 Å². The Kier molecular flexibility index (Phi) is 5.08. The highest BCUT2D eigenvalue weighted by atomic mass is 19.1. The Bertz CT molecular complexity index is 924. The molecule has 0 amide bonds. The highest BCUT2D eigenvalue weighted by Gasteiger charge is 2.16. The summed E-state index contributed by atoms with van der Waals surface area (Å²) in [5, 5.41) is 12.4. The van der Waals surface area contributed by atoms with E-state index in [4.69, 9.17) is 0 Å². The predicted octanol–water partition coefficient (Wildman–Crippen LogP) is 4.35. The van der Waals surface area contributed by atoms with Crippen molar-refractivity contribution in [1.82, 2.24) is 4.98 Å². The quantitative estimate of drug-likeness (QED) is 0.870. The standard InChI is InChI=1S/C20H18F2N4/c1-12-7-17(24-11-12)9-19-18(22)8-15(10-23)20(26-19)25-13(2)14-3-5-16(21)6-4-14/h3-8,13H,9,11H2,1-2H3,(H,25,26)/t13-/m0/s1. The van der Waals surface area contributed by atoms with E-state index in [9.17, 15) is 14.0 Å². The van der Waals surface area contributed by atoms with E-state index in [-0.39, 0.29) is 29.5 Å². The van der Waals surface area contributed by atoms with Gasteiger partial charge in [-0.25, -0.2) is 13.8 Å². The zero-order valence-electron chi connectivity index (χ0n) is 14.6. The molecule has 1 aliphatic rings. The molecule has 3 rings (SSSR count). The third kappa shape index (κ3) is 3.94. The van der Waals surface area contributed by atoms with Crippen molar-refractivity contribution >= 4 is 11.5 Å². The SMILES string of the molecule is CC1=CC(Cc2nc(N[C@@H](C)c3ccc(F)cc3)c(C#N)cc2F)=NC1. The second-order valence-electron chi connectivity index (χ2n) is 6.32. The lowest BCUT2D eigenvalue weighted by Gasteiger charge is -2.17. The molecule has 1 aliphatic heterocycles. The summed E-state index contributed by atoms with van der Waals surface area (Å²) in [4.78, 5) is 8.66. The minimum Gasteiger partial charge on any atom is -0.362 e. The molecule has 2 heterocycles. The van der Waals surface area contributed by atoms with Crippen LogP contribution in [0.3, 0.4) is 0 Å². The van der Waals surface area contributed by atoms with Gasteiger partial charge in [-0.15, -0.1) is 0 Å². The van der Waals surface area contributed by atoms with Crippen molar-refractivity contribution in [2.45, 2.75) is 26.3 Å². The summed E-state index contributed by atoms with van der Waals surface area (Å²) in [7, 11) is 0. The number of halogens is 2. The second kappa shape index (κ2) is 7.44. The van der Waals surface area contributed by atoms with E-state index in [1.54, 1.807) is 12.1 Å². The molecule has 0 saturated carbocycles. The van der Waals surface area contributed by atoms with Gasteiger partial charge in [0.25, 0.3) is 0 Å². The molecule has 26 heavy (non-hydrogen) atoms. The van der Waals surface area contributed by atoms with Gasteiger partial charge in [-0.3, -0.25) is 4.99 Å². The number of nitriles is 1. The molecule has 1 atom stereocenters. The number of allylic oxidation sites excluding steroid dienone is 1. The van der Waals surface area contributed by atoms with Crippen LogP contribution >= 0.6 is 0 Å². The molecule has 6 heteroatoms. The average Bonchev–Trinajstić information content (AvgIpc) is 3.03. The molecule has 2 aromatic rings. The molecule has 0 unspecified atom stereocenters. The number of rotatable bonds is 5. The van der Waals surface area contributed by atoms with Crippen LogP contribution in [0.4, 0.5) is 14.6 Å². The van der Waals surface area contributed by atoms with Gasteiger partial charge in [0, 0.05) is 18.2 Å². The smallest absolute Gasteiger partial charge is 0.146 e. The minimum absolute atomic E-state index is 0.125. The van der Waals surface area contributed by atoms with Crippen LogP contribution in [0.25, 0.3) is 0 Å². The van der Waals surface area contributed by atoms with Crippen molar-refractivity contribution in [2.24, 2.45) is 4.99 Å². The Morgan fingerprint density at radius 2 is 2.00 bits per heavy atom. The number of nitrogens with one attached hydrogen (secondary N) is 1. The first-order valence-electron chi connectivity index (χ1n) is 8.28. The molecular formula is C20H18F2N4. The number of anilines is 1. The van der Waals surface area contributed by atoms with Crippen molar-refractivity contribution in [1.29, 1.82) is 5.26 Å². The summed E-state index contributed by atoms with van der Waals surface area (Å²) in [6, 6.07) is 8.98. The molecule has 0 radical (unpaired) electrons. The predicted molar refractivity (Wildman–Crippen MR) is 97.1 cm³/mol. The molecule has 0 saturated heterocycles. The normalized spacial score (nSPS) is 14.4. The van der Waals surface area contributed by atoms with Gasteiger partial charge in [-0.1, -0.05) is 17.7 Å². The van der Waals surface area contributed by atoms with Crippen molar-refractivity contribution in [3.05, 3.63) is 70.4 Å². The average molecular weight is 352 g/mol. The van der Waals surface area contributed by atoms with Crippen LogP contribution in [0.2, 0.25) is 0 Å². The van der Waals surface area contributed by atoms with Gasteiger partial charge < -0.3 is 5.32 Å². The first-order valence-corrected chi connectivity index (χ1v) is 8.28. The Morgan fingerprint density at radius 3 is 2.62 bits per heavy atom. The van der Waals surface area contributed by atoms with Crippen LogP contribution in [0, 0.1) is 23.0 Å². The van der Waals surface area contributed by atoms with Crippen molar-refractivity contribution in [2.75, 3.05) is 11.9 Å². The third-order valence-corrected chi connectivity index (χ3v) is 4.19. The molecule has 0 spiro atoms. The Labute approximate surface area is 150 Å². The summed E-state index contributed by atoms with van der Waals surface area (Å²) < 4.78 is 27.4. The molecular weight excluding hydrogens is 334 g/mol. The molecule has 1 aromatic heterocycles. The van der Waals surface area contributed by atoms with Gasteiger partial charge in [0.2, 0.25) is 0 Å². The summed E-state index contributed by atoms with van der Waals surface area (Å²) in [5.41, 5.74) is 3.10. The van der Waals surface area contributed by atoms with E-state index >= 15 is 0 Å². The Hall–Kier alpha value is -3.07. The van der Waals surface area contributed by atoms with Crippen LogP contribution in [-0.2, 0) is 6.42 Å². The van der Waals surface area contributed by atoms with E-state index in [0.29, 0.717) is 12.4 Å². The fourth-order valence-electron chi connectivity index (χ4n) is 2.77. The van der Waals surface area contributed by atoms with E-state index < -0.39 is 5.82 Å². The minimum atomic E-state index is -0.526. The fourth-order valence-corrected chi connectivity index (χ4v) is 2.77. The monoisotopic (exact) mass is 352 g/mol. The molecule has 4 nitrogen and oxygen atoms in total. The maximum Gasteiger partial charge on any atom is 0.146 e. The van der Waals surface area contributed by atoms with Gasteiger partial charge in [0.1, 0.15) is 23.5 Å². The van der Waals surface area contributed by atoms with Gasteiger partial charge in [0.15, 0.2) is 0 Å². The van der Waals surface area contributed by atoms with E-state index in [0.717, 1.165) is 16.8 Å². The largest absolute Gasteiger partial charge is 0.362 e. The van der Waals surface area contributed by atoms with Crippen LogP contribution in [0.1, 0.15) is 36.7 Å². The number of aromatic nitrogens is 1. The second-order valence-corrected chi connectivity index (χ2v) is 6.32. The van der Waals surface area contributed by atoms with E-state index in [1.807, 2.05) is 26.0 Å². The van der Waals surface area contributed by atoms with Gasteiger partial charge in [-0.2, -0.15) is 5.26 Å². The number of aliphatic imine (C=N–C) groups is 1. The fraction of sp³-hybridized carbons (Fsp3) is 0.250. The number of pyridine rings is 1. The maximum atomic E-state index is 14.3. The Balaban J connectivity index is 1.86. The number of hydrogen-bond acceptors (Lipinski definition) is 4. The maximum absolute atomic E-state index is 14.3. The number of benzene rings is 1. The molecule has 1 aromatic carbocycles. The highest BCUT2D eigenvalue weighted by Crippen LogP contribution is 2.23. The zero-order chi connectivity index (χ0) is 18.7. The van der Waals surface area contributed by atoms with E-state index in [2.05, 4.69) is 15.3 Å². The summed E-state index contributed by atoms with van der Waals surface area (Å²) in [5.74, 6) is -0.538. The summed E-state index contributed by atoms with van der Waals surface area (Å²) in [6.07, 6.45) is 2.20. The number of hydrogen-bond donors (Lipinski definition) is 1. The lowest BCUT2D eigenvalue weighted by Crippen LogP contribution is -2.12. The van der Waals surface area contributed by atoms with Crippen LogP contribution < -0.4 is 5.32 Å². The molecule has 0 bridgehead atoms. The summed E-state index contributed by atoms with van der Waals surface area (Å²) >= 11 is 0. The van der Waals surface area contributed by atoms with Gasteiger partial charge in [0.05, 0.1) is 17.8 Å². The zero-order valence-corrected chi connectivity index (χ0v) is 14.6. The van der Waals surface area contributed by atoms with Gasteiger partial charge in [-0.05, 0) is 43.7 Å². The van der Waals surface area contributed by atoms with Crippen LogP contribution in [0.5, 0.6) is 0 Å². The highest BCUT2D eigenvalue weighted by molar-refractivity contribution is 5.98. The number of nitrogens with zero attached hydrogens (tertiary/aromatic N) is 3. The summed E-state index contributed by atoms with van der Waals surface area (Å²) in [6.45, 7) is 4.46. The first kappa shape index (κ1) is 17.7. The van der Waals surface area contributed by atoms with Crippen LogP contribution in [-0.4, -0.2) is 17.2 Å². The Morgan fingerprint density at radius 1 is 1.27 bits per heavy atom. The lowest BCUT2D eigenvalue weighted by atomic mass is 10.1.